The second-order valence-corrected chi connectivity index (χ2v) is 7.90. The summed E-state index contributed by atoms with van der Waals surface area (Å²) < 4.78 is 41.2. The molecule has 1 unspecified atom stereocenters. The number of nitrogens with zero attached hydrogens (tertiary/aromatic N) is 3. The largest absolute Gasteiger partial charge is 0.416 e. The predicted molar refractivity (Wildman–Crippen MR) is 104 cm³/mol. The van der Waals surface area contributed by atoms with Gasteiger partial charge in [-0.3, -0.25) is 9.36 Å². The minimum atomic E-state index is -4.43. The van der Waals surface area contributed by atoms with Gasteiger partial charge in [-0.15, -0.1) is 11.3 Å². The number of thiophene rings is 1. The Kier molecular flexibility index (Phi) is 4.88. The van der Waals surface area contributed by atoms with Gasteiger partial charge in [-0.1, -0.05) is 12.1 Å². The lowest BCUT2D eigenvalue weighted by atomic mass is 10.1. The molecule has 148 valence electrons. The quantitative estimate of drug-likeness (QED) is 0.721. The fourth-order valence-corrected chi connectivity index (χ4v) is 4.31. The van der Waals surface area contributed by atoms with Crippen LogP contribution in [0, 0.1) is 0 Å². The van der Waals surface area contributed by atoms with Crippen LogP contribution in [0.25, 0.3) is 10.2 Å². The molecule has 0 amide bonds. The molecule has 2 N–H and O–H groups in total. The summed E-state index contributed by atoms with van der Waals surface area (Å²) in [5.74, 6) is 0.462. The van der Waals surface area contributed by atoms with Crippen LogP contribution in [-0.4, -0.2) is 28.7 Å². The third-order valence-corrected chi connectivity index (χ3v) is 5.77. The number of rotatable bonds is 3. The van der Waals surface area contributed by atoms with Gasteiger partial charge < -0.3 is 10.6 Å². The molecule has 0 spiro atoms. The van der Waals surface area contributed by atoms with Crippen LogP contribution in [0.2, 0.25) is 0 Å². The molecule has 3 heterocycles. The summed E-state index contributed by atoms with van der Waals surface area (Å²) >= 11 is 1.28. The number of piperidine rings is 1. The first-order chi connectivity index (χ1) is 13.3. The van der Waals surface area contributed by atoms with Crippen LogP contribution >= 0.6 is 11.3 Å². The number of benzene rings is 1. The monoisotopic (exact) mass is 408 g/mol. The van der Waals surface area contributed by atoms with E-state index in [9.17, 15) is 18.0 Å². The Morgan fingerprint density at radius 3 is 2.86 bits per heavy atom. The maximum atomic E-state index is 13.1. The lowest BCUT2D eigenvalue weighted by molar-refractivity contribution is -0.137. The van der Waals surface area contributed by atoms with E-state index in [1.54, 1.807) is 17.5 Å². The highest BCUT2D eigenvalue weighted by atomic mass is 32.1. The summed E-state index contributed by atoms with van der Waals surface area (Å²) in [5.41, 5.74) is 6.11. The third kappa shape index (κ3) is 3.64. The Morgan fingerprint density at radius 2 is 2.11 bits per heavy atom. The van der Waals surface area contributed by atoms with Gasteiger partial charge in [0.15, 0.2) is 0 Å². The summed E-state index contributed by atoms with van der Waals surface area (Å²) in [6.07, 6.45) is -2.66. The maximum absolute atomic E-state index is 13.1. The zero-order valence-corrected chi connectivity index (χ0v) is 15.8. The molecule has 0 radical (unpaired) electrons. The summed E-state index contributed by atoms with van der Waals surface area (Å²) in [4.78, 5) is 19.7. The number of aromatic nitrogens is 2. The van der Waals surface area contributed by atoms with Crippen molar-refractivity contribution in [2.75, 3.05) is 18.0 Å². The van der Waals surface area contributed by atoms with Crippen LogP contribution < -0.4 is 16.2 Å². The normalized spacial score (nSPS) is 18.0. The highest BCUT2D eigenvalue weighted by molar-refractivity contribution is 7.17. The average Bonchev–Trinajstić information content (AvgIpc) is 3.12. The molecule has 2 aromatic heterocycles. The van der Waals surface area contributed by atoms with Crippen LogP contribution in [0.15, 0.2) is 40.5 Å². The van der Waals surface area contributed by atoms with Gasteiger partial charge in [0.2, 0.25) is 5.95 Å². The molecule has 1 aliphatic rings. The SMILES string of the molecule is NC1CCCN(c2nc3ccsc3c(=O)n2Cc2cccc(C(F)(F)F)c2)C1. The van der Waals surface area contributed by atoms with Gasteiger partial charge >= 0.3 is 6.18 Å². The standard InChI is InChI=1S/C19H19F3N4OS/c20-19(21,22)13-4-1-3-12(9-13)10-26-17(27)16-15(6-8-28-16)24-18(26)25-7-2-5-14(23)11-25/h1,3-4,6,8-9,14H,2,5,7,10-11,23H2. The second kappa shape index (κ2) is 7.21. The highest BCUT2D eigenvalue weighted by Gasteiger charge is 2.30. The van der Waals surface area contributed by atoms with E-state index in [1.807, 2.05) is 4.90 Å². The topological polar surface area (TPSA) is 64.2 Å². The lowest BCUT2D eigenvalue weighted by Gasteiger charge is -2.33. The summed E-state index contributed by atoms with van der Waals surface area (Å²) in [6.45, 7) is 1.29. The number of fused-ring (bicyclic) bond motifs is 1. The number of halogens is 3. The smallest absolute Gasteiger partial charge is 0.341 e. The Morgan fingerprint density at radius 1 is 1.29 bits per heavy atom. The lowest BCUT2D eigenvalue weighted by Crippen LogP contribution is -2.45. The fraction of sp³-hybridized carbons (Fsp3) is 0.368. The van der Waals surface area contributed by atoms with Gasteiger partial charge in [0.05, 0.1) is 17.6 Å². The molecule has 0 bridgehead atoms. The van der Waals surface area contributed by atoms with E-state index < -0.39 is 11.7 Å². The number of hydrogen-bond acceptors (Lipinski definition) is 5. The van der Waals surface area contributed by atoms with Crippen molar-refractivity contribution in [3.05, 3.63) is 57.2 Å². The van der Waals surface area contributed by atoms with E-state index in [2.05, 4.69) is 4.98 Å². The molecule has 5 nitrogen and oxygen atoms in total. The van der Waals surface area contributed by atoms with E-state index in [0.29, 0.717) is 34.8 Å². The molecule has 1 atom stereocenters. The van der Waals surface area contributed by atoms with Crippen molar-refractivity contribution < 1.29 is 13.2 Å². The van der Waals surface area contributed by atoms with Crippen LogP contribution in [0.3, 0.4) is 0 Å². The first kappa shape index (κ1) is 18.9. The first-order valence-electron chi connectivity index (χ1n) is 8.97. The maximum Gasteiger partial charge on any atom is 0.416 e. The molecule has 1 saturated heterocycles. The minimum Gasteiger partial charge on any atom is -0.341 e. The van der Waals surface area contributed by atoms with Gasteiger partial charge in [-0.25, -0.2) is 4.98 Å². The molecule has 1 fully saturated rings. The molecule has 0 saturated carbocycles. The van der Waals surface area contributed by atoms with Crippen LogP contribution in [0.4, 0.5) is 19.1 Å². The van der Waals surface area contributed by atoms with Crippen molar-refractivity contribution in [1.29, 1.82) is 0 Å². The van der Waals surface area contributed by atoms with Crippen molar-refractivity contribution in [1.82, 2.24) is 9.55 Å². The third-order valence-electron chi connectivity index (χ3n) is 4.88. The molecular formula is C19H19F3N4OS. The second-order valence-electron chi connectivity index (χ2n) is 6.98. The van der Waals surface area contributed by atoms with Gasteiger partial charge in [0, 0.05) is 19.1 Å². The highest BCUT2D eigenvalue weighted by Crippen LogP contribution is 2.30. The van der Waals surface area contributed by atoms with Gasteiger partial charge in [-0.2, -0.15) is 13.2 Å². The van der Waals surface area contributed by atoms with E-state index in [1.165, 1.54) is 22.0 Å². The number of hydrogen-bond donors (Lipinski definition) is 1. The van der Waals surface area contributed by atoms with Crippen molar-refractivity contribution in [2.45, 2.75) is 31.6 Å². The van der Waals surface area contributed by atoms with E-state index in [4.69, 9.17) is 5.73 Å². The number of anilines is 1. The van der Waals surface area contributed by atoms with E-state index >= 15 is 0 Å². The zero-order valence-electron chi connectivity index (χ0n) is 14.9. The van der Waals surface area contributed by atoms with Gasteiger partial charge in [-0.05, 0) is 42.0 Å². The van der Waals surface area contributed by atoms with E-state index in [0.717, 1.165) is 25.0 Å². The van der Waals surface area contributed by atoms with Crippen LogP contribution in [0.1, 0.15) is 24.0 Å². The van der Waals surface area contributed by atoms with Crippen molar-refractivity contribution in [3.8, 4) is 0 Å². The molecular weight excluding hydrogens is 389 g/mol. The number of nitrogens with two attached hydrogens (primary N) is 1. The molecule has 4 rings (SSSR count). The van der Waals surface area contributed by atoms with Crippen LogP contribution in [-0.2, 0) is 12.7 Å². The molecule has 1 aliphatic heterocycles. The summed E-state index contributed by atoms with van der Waals surface area (Å²) in [6, 6.07) is 6.81. The predicted octanol–water partition coefficient (Wildman–Crippen LogP) is 3.45. The van der Waals surface area contributed by atoms with E-state index in [-0.39, 0.29) is 18.1 Å². The zero-order chi connectivity index (χ0) is 19.9. The van der Waals surface area contributed by atoms with Gasteiger partial charge in [0.1, 0.15) is 4.70 Å². The molecule has 0 aliphatic carbocycles. The summed E-state index contributed by atoms with van der Waals surface area (Å²) in [7, 11) is 0. The van der Waals surface area contributed by atoms with Gasteiger partial charge in [0.25, 0.3) is 5.56 Å². The first-order valence-corrected chi connectivity index (χ1v) is 9.85. The molecule has 3 aromatic rings. The van der Waals surface area contributed by atoms with Crippen molar-refractivity contribution in [3.63, 3.8) is 0 Å². The molecule has 9 heteroatoms. The Labute approximate surface area is 163 Å². The Balaban J connectivity index is 1.80. The number of alkyl halides is 3. The Bertz CT molecular complexity index is 1060. The van der Waals surface area contributed by atoms with Crippen molar-refractivity contribution in [2.24, 2.45) is 5.73 Å². The minimum absolute atomic E-state index is 0.0185. The van der Waals surface area contributed by atoms with Crippen LogP contribution in [0.5, 0.6) is 0 Å². The Hall–Kier alpha value is -2.39. The summed E-state index contributed by atoms with van der Waals surface area (Å²) in [5, 5.41) is 1.79. The average molecular weight is 408 g/mol. The van der Waals surface area contributed by atoms with Crippen molar-refractivity contribution >= 4 is 27.5 Å². The molecule has 1 aromatic carbocycles. The molecule has 28 heavy (non-hydrogen) atoms. The fourth-order valence-electron chi connectivity index (χ4n) is 3.54.